The largest absolute Gasteiger partial charge is 0.369 e. The number of fused-ring (bicyclic) bond motifs is 2. The fraction of sp³-hybridized carbons (Fsp3) is 0.259. The monoisotopic (exact) mass is 439 g/mol. The zero-order valence-electron chi connectivity index (χ0n) is 18.7. The van der Waals surface area contributed by atoms with Crippen molar-refractivity contribution in [2.75, 3.05) is 18.0 Å². The van der Waals surface area contributed by atoms with Crippen LogP contribution in [0.3, 0.4) is 0 Å². The number of rotatable bonds is 3. The van der Waals surface area contributed by atoms with Crippen LogP contribution in [0, 0.1) is 0 Å². The first-order chi connectivity index (χ1) is 16.2. The second-order valence-electron chi connectivity index (χ2n) is 8.59. The summed E-state index contributed by atoms with van der Waals surface area (Å²) >= 11 is 0. The van der Waals surface area contributed by atoms with E-state index in [0.717, 1.165) is 61.4 Å². The number of carbonyl (C=O) groups excluding carboxylic acids is 1. The Morgan fingerprint density at radius 3 is 2.18 bits per heavy atom. The molecular formula is C27H29N5O. The van der Waals surface area contributed by atoms with Gasteiger partial charge in [-0.15, -0.1) is 0 Å². The van der Waals surface area contributed by atoms with Crippen LogP contribution in [0.25, 0.3) is 0 Å². The average Bonchev–Trinajstić information content (AvgIpc) is 3.33. The summed E-state index contributed by atoms with van der Waals surface area (Å²) in [6.45, 7) is 2.33. The number of hydrogen-bond acceptors (Lipinski definition) is 2. The van der Waals surface area contributed by atoms with Crippen LogP contribution in [-0.4, -0.2) is 30.0 Å². The summed E-state index contributed by atoms with van der Waals surface area (Å²) < 4.78 is 0. The standard InChI is InChI=1S/C27H29N5O/c28-26(31-16-5-6-17-31)30-23-11-7-8-20(18-23)19-29-27(33)32-24-12-3-1-9-21(24)14-15-22-10-2-4-13-25(22)32/h1-4,7-13,18H,5-6,14-17,19H2,(H2,28,30)(H,29,33). The maximum absolute atomic E-state index is 13.4. The molecule has 33 heavy (non-hydrogen) atoms. The fourth-order valence-electron chi connectivity index (χ4n) is 4.64. The van der Waals surface area contributed by atoms with Crippen molar-refractivity contribution in [2.24, 2.45) is 10.7 Å². The molecule has 3 N–H and O–H groups in total. The van der Waals surface area contributed by atoms with Gasteiger partial charge in [-0.2, -0.15) is 0 Å². The zero-order valence-corrected chi connectivity index (χ0v) is 18.7. The minimum Gasteiger partial charge on any atom is -0.369 e. The Bertz CT molecular complexity index is 1130. The number of nitrogens with zero attached hydrogens (tertiary/aromatic N) is 3. The number of anilines is 2. The fourth-order valence-corrected chi connectivity index (χ4v) is 4.64. The van der Waals surface area contributed by atoms with E-state index < -0.39 is 0 Å². The lowest BCUT2D eigenvalue weighted by atomic mass is 10.0. The van der Waals surface area contributed by atoms with Crippen molar-refractivity contribution in [3.8, 4) is 0 Å². The van der Waals surface area contributed by atoms with Crippen molar-refractivity contribution in [1.82, 2.24) is 10.2 Å². The molecule has 2 aliphatic rings. The highest BCUT2D eigenvalue weighted by atomic mass is 16.2. The van der Waals surface area contributed by atoms with Gasteiger partial charge in [0.25, 0.3) is 0 Å². The number of aliphatic imine (C=N–C) groups is 1. The molecule has 1 fully saturated rings. The molecule has 168 valence electrons. The van der Waals surface area contributed by atoms with Gasteiger partial charge in [0.15, 0.2) is 5.96 Å². The van der Waals surface area contributed by atoms with E-state index >= 15 is 0 Å². The molecule has 0 atom stereocenters. The van der Waals surface area contributed by atoms with Gasteiger partial charge in [0, 0.05) is 19.6 Å². The molecule has 0 radical (unpaired) electrons. The lowest BCUT2D eigenvalue weighted by Gasteiger charge is -2.25. The number of benzene rings is 3. The minimum absolute atomic E-state index is 0.137. The molecule has 6 nitrogen and oxygen atoms in total. The molecule has 6 heteroatoms. The van der Waals surface area contributed by atoms with Gasteiger partial charge in [-0.25, -0.2) is 9.79 Å². The highest BCUT2D eigenvalue weighted by Crippen LogP contribution is 2.35. The Morgan fingerprint density at radius 2 is 1.52 bits per heavy atom. The average molecular weight is 440 g/mol. The number of para-hydroxylation sites is 2. The van der Waals surface area contributed by atoms with Crippen LogP contribution >= 0.6 is 0 Å². The number of likely N-dealkylation sites (tertiary alicyclic amines) is 1. The van der Waals surface area contributed by atoms with Gasteiger partial charge < -0.3 is 16.0 Å². The predicted octanol–water partition coefficient (Wildman–Crippen LogP) is 4.88. The maximum atomic E-state index is 13.4. The first kappa shape index (κ1) is 21.1. The summed E-state index contributed by atoms with van der Waals surface area (Å²) in [6.07, 6.45) is 4.14. The van der Waals surface area contributed by atoms with Gasteiger partial charge >= 0.3 is 6.03 Å². The molecule has 2 heterocycles. The van der Waals surface area contributed by atoms with Crippen molar-refractivity contribution in [1.29, 1.82) is 0 Å². The zero-order chi connectivity index (χ0) is 22.6. The summed E-state index contributed by atoms with van der Waals surface area (Å²) in [5, 5.41) is 3.11. The molecular weight excluding hydrogens is 410 g/mol. The number of nitrogens with two attached hydrogens (primary N) is 1. The Balaban J connectivity index is 1.35. The quantitative estimate of drug-likeness (QED) is 0.451. The van der Waals surface area contributed by atoms with Crippen molar-refractivity contribution in [3.05, 3.63) is 89.5 Å². The number of aryl methyl sites for hydroxylation is 2. The first-order valence-electron chi connectivity index (χ1n) is 11.6. The van der Waals surface area contributed by atoms with E-state index in [9.17, 15) is 4.79 Å². The third kappa shape index (κ3) is 4.55. The van der Waals surface area contributed by atoms with Gasteiger partial charge in [0.05, 0.1) is 17.1 Å². The first-order valence-corrected chi connectivity index (χ1v) is 11.6. The Labute approximate surface area is 194 Å². The van der Waals surface area contributed by atoms with Crippen LogP contribution in [0.5, 0.6) is 0 Å². The van der Waals surface area contributed by atoms with E-state index in [0.29, 0.717) is 12.5 Å². The Hall–Kier alpha value is -3.80. The number of urea groups is 1. The highest BCUT2D eigenvalue weighted by Gasteiger charge is 2.25. The van der Waals surface area contributed by atoms with Gasteiger partial charge in [-0.3, -0.25) is 4.90 Å². The molecule has 5 rings (SSSR count). The van der Waals surface area contributed by atoms with Crippen LogP contribution in [0.1, 0.15) is 29.5 Å². The molecule has 2 amide bonds. The van der Waals surface area contributed by atoms with E-state index in [1.165, 1.54) is 11.1 Å². The third-order valence-electron chi connectivity index (χ3n) is 6.36. The number of guanidine groups is 1. The molecule has 2 aliphatic heterocycles. The number of nitrogens with one attached hydrogen (secondary N) is 1. The van der Waals surface area contributed by atoms with E-state index in [2.05, 4.69) is 27.3 Å². The predicted molar refractivity (Wildman–Crippen MR) is 133 cm³/mol. The van der Waals surface area contributed by atoms with Gasteiger partial charge in [0.1, 0.15) is 0 Å². The number of amides is 2. The smallest absolute Gasteiger partial charge is 0.326 e. The molecule has 0 spiro atoms. The minimum atomic E-state index is -0.137. The van der Waals surface area contributed by atoms with Crippen LogP contribution in [-0.2, 0) is 19.4 Å². The molecule has 0 aromatic heterocycles. The van der Waals surface area contributed by atoms with Crippen LogP contribution in [0.15, 0.2) is 77.8 Å². The second-order valence-corrected chi connectivity index (χ2v) is 8.59. The summed E-state index contributed by atoms with van der Waals surface area (Å²) in [5.41, 5.74) is 12.2. The summed E-state index contributed by atoms with van der Waals surface area (Å²) in [6, 6.07) is 24.0. The molecule has 3 aromatic rings. The van der Waals surface area contributed by atoms with Crippen LogP contribution < -0.4 is 16.0 Å². The van der Waals surface area contributed by atoms with Gasteiger partial charge in [-0.1, -0.05) is 48.5 Å². The SMILES string of the molecule is NC(=Nc1cccc(CNC(=O)N2c3ccccc3CCc3ccccc32)c1)N1CCCC1. The summed E-state index contributed by atoms with van der Waals surface area (Å²) in [5.74, 6) is 0.562. The Kier molecular flexibility index (Phi) is 5.98. The van der Waals surface area contributed by atoms with E-state index in [4.69, 9.17) is 5.73 Å². The summed E-state index contributed by atoms with van der Waals surface area (Å²) in [7, 11) is 0. The molecule has 0 unspecified atom stereocenters. The van der Waals surface area contributed by atoms with Crippen LogP contribution in [0.2, 0.25) is 0 Å². The number of hydrogen-bond donors (Lipinski definition) is 2. The van der Waals surface area contributed by atoms with Gasteiger partial charge in [-0.05, 0) is 66.6 Å². The van der Waals surface area contributed by atoms with Crippen LogP contribution in [0.4, 0.5) is 21.9 Å². The van der Waals surface area contributed by atoms with E-state index in [1.54, 1.807) is 0 Å². The van der Waals surface area contributed by atoms with Gasteiger partial charge in [0.2, 0.25) is 0 Å². The number of carbonyl (C=O) groups is 1. The third-order valence-corrected chi connectivity index (χ3v) is 6.36. The van der Waals surface area contributed by atoms with Crippen molar-refractivity contribution >= 4 is 29.1 Å². The second kappa shape index (κ2) is 9.36. The van der Waals surface area contributed by atoms with Crippen molar-refractivity contribution in [2.45, 2.75) is 32.2 Å². The normalized spacial score (nSPS) is 15.6. The molecule has 0 aliphatic carbocycles. The lowest BCUT2D eigenvalue weighted by Crippen LogP contribution is -2.37. The van der Waals surface area contributed by atoms with E-state index in [-0.39, 0.29) is 6.03 Å². The Morgan fingerprint density at radius 1 is 0.879 bits per heavy atom. The highest BCUT2D eigenvalue weighted by molar-refractivity contribution is 6.01. The molecule has 1 saturated heterocycles. The lowest BCUT2D eigenvalue weighted by molar-refractivity contribution is 0.248. The molecule has 3 aromatic carbocycles. The van der Waals surface area contributed by atoms with Crippen molar-refractivity contribution < 1.29 is 4.79 Å². The summed E-state index contributed by atoms with van der Waals surface area (Å²) in [4.78, 5) is 22.0. The molecule has 0 bridgehead atoms. The van der Waals surface area contributed by atoms with E-state index in [1.807, 2.05) is 65.6 Å². The topological polar surface area (TPSA) is 74.0 Å². The molecule has 0 saturated carbocycles. The van der Waals surface area contributed by atoms with Crippen molar-refractivity contribution in [3.63, 3.8) is 0 Å². The maximum Gasteiger partial charge on any atom is 0.326 e.